The Hall–Kier alpha value is -1.32. The van der Waals surface area contributed by atoms with Gasteiger partial charge in [0.05, 0.1) is 6.04 Å². The Bertz CT molecular complexity index is 354. The number of carbonyl (C=O) groups is 3. The quantitative estimate of drug-likeness (QED) is 0.419. The van der Waals surface area contributed by atoms with E-state index in [1.807, 2.05) is 0 Å². The maximum Gasteiger partial charge on any atom is 0.303 e. The van der Waals surface area contributed by atoms with Gasteiger partial charge in [0, 0.05) is 38.4 Å². The van der Waals surface area contributed by atoms with Gasteiger partial charge in [0.15, 0.2) is 0 Å². The second kappa shape index (κ2) is 11.4. The zero-order valence-electron chi connectivity index (χ0n) is 12.3. The zero-order chi connectivity index (χ0) is 16.3. The van der Waals surface area contributed by atoms with Crippen molar-refractivity contribution in [2.45, 2.75) is 26.0 Å². The Morgan fingerprint density at radius 2 is 1.86 bits per heavy atom. The van der Waals surface area contributed by atoms with Gasteiger partial charge in [-0.25, -0.2) is 0 Å². The number of nitrogens with one attached hydrogen (secondary N) is 1. The average Bonchev–Trinajstić information content (AvgIpc) is 2.40. The van der Waals surface area contributed by atoms with Crippen LogP contribution in [0.15, 0.2) is 0 Å². The predicted molar refractivity (Wildman–Crippen MR) is 79.6 cm³/mol. The van der Waals surface area contributed by atoms with E-state index in [9.17, 15) is 14.4 Å². The highest BCUT2D eigenvalue weighted by Gasteiger charge is 2.17. The Kier molecular flexibility index (Phi) is 10.6. The molecule has 0 aliphatic heterocycles. The second-order valence-electron chi connectivity index (χ2n) is 4.26. The maximum atomic E-state index is 11.5. The summed E-state index contributed by atoms with van der Waals surface area (Å²) >= 11 is 1.34. The summed E-state index contributed by atoms with van der Waals surface area (Å²) in [6.45, 7) is 3.26. The lowest BCUT2D eigenvalue weighted by Gasteiger charge is -2.17. The molecule has 0 aliphatic carbocycles. The van der Waals surface area contributed by atoms with E-state index < -0.39 is 24.1 Å². The number of rotatable bonds is 10. The van der Waals surface area contributed by atoms with E-state index in [1.54, 1.807) is 0 Å². The van der Waals surface area contributed by atoms with Crippen molar-refractivity contribution in [3.05, 3.63) is 0 Å². The molecule has 9 heteroatoms. The molecule has 0 saturated carbocycles. The molecule has 0 aromatic heterocycles. The number of ether oxygens (including phenoxy) is 2. The minimum atomic E-state index is -0.673. The first-order valence-electron chi connectivity index (χ1n) is 6.48. The first-order valence-corrected chi connectivity index (χ1v) is 7.64. The molecule has 1 amide bonds. The van der Waals surface area contributed by atoms with E-state index in [0.29, 0.717) is 24.6 Å². The molecule has 0 radical (unpaired) electrons. The summed E-state index contributed by atoms with van der Waals surface area (Å²) in [7, 11) is 0. The van der Waals surface area contributed by atoms with Crippen LogP contribution >= 0.6 is 11.8 Å². The summed E-state index contributed by atoms with van der Waals surface area (Å²) in [6, 6.07) is -0.673. The highest BCUT2D eigenvalue weighted by Crippen LogP contribution is 2.08. The maximum absolute atomic E-state index is 11.5. The lowest BCUT2D eigenvalue weighted by Crippen LogP contribution is -2.44. The van der Waals surface area contributed by atoms with E-state index in [2.05, 4.69) is 5.32 Å². The summed E-state index contributed by atoms with van der Waals surface area (Å²) in [4.78, 5) is 33.2. The minimum absolute atomic E-state index is 0.0173. The fraction of sp³-hybridized carbons (Fsp3) is 0.750. The van der Waals surface area contributed by atoms with Crippen molar-refractivity contribution in [3.63, 3.8) is 0 Å². The first-order chi connectivity index (χ1) is 9.86. The molecule has 0 fully saturated rings. The average molecular weight is 321 g/mol. The number of carbonyl (C=O) groups excluding carboxylic acids is 3. The Morgan fingerprint density at radius 3 is 2.38 bits per heavy atom. The van der Waals surface area contributed by atoms with Crippen molar-refractivity contribution in [2.75, 3.05) is 31.2 Å². The smallest absolute Gasteiger partial charge is 0.303 e. The van der Waals surface area contributed by atoms with Gasteiger partial charge in [-0.05, 0) is 0 Å². The van der Waals surface area contributed by atoms with Crippen molar-refractivity contribution < 1.29 is 23.9 Å². The van der Waals surface area contributed by atoms with E-state index in [1.165, 1.54) is 25.6 Å². The van der Waals surface area contributed by atoms with Crippen LogP contribution < -0.4 is 16.8 Å². The molecule has 8 nitrogen and oxygen atoms in total. The van der Waals surface area contributed by atoms with Crippen LogP contribution in [0.5, 0.6) is 0 Å². The molecule has 0 rings (SSSR count). The van der Waals surface area contributed by atoms with Crippen LogP contribution in [0, 0.1) is 0 Å². The third-order valence-corrected chi connectivity index (χ3v) is 3.39. The van der Waals surface area contributed by atoms with Gasteiger partial charge >= 0.3 is 11.9 Å². The fourth-order valence-corrected chi connectivity index (χ4v) is 2.26. The van der Waals surface area contributed by atoms with Crippen molar-refractivity contribution in [2.24, 2.45) is 11.5 Å². The predicted octanol–water partition coefficient (Wildman–Crippen LogP) is -1.38. The molecule has 2 atom stereocenters. The second-order valence-corrected chi connectivity index (χ2v) is 5.33. The summed E-state index contributed by atoms with van der Waals surface area (Å²) in [5.74, 6) is -0.455. The molecule has 122 valence electrons. The van der Waals surface area contributed by atoms with Gasteiger partial charge in [-0.1, -0.05) is 0 Å². The molecule has 0 aromatic rings. The number of esters is 2. The zero-order valence-corrected chi connectivity index (χ0v) is 13.1. The molecule has 0 aromatic carbocycles. The van der Waals surface area contributed by atoms with Crippen LogP contribution in [0.2, 0.25) is 0 Å². The van der Waals surface area contributed by atoms with Crippen LogP contribution in [0.1, 0.15) is 13.8 Å². The molecule has 0 aliphatic rings. The number of nitrogens with two attached hydrogens (primary N) is 2. The summed E-state index contributed by atoms with van der Waals surface area (Å²) in [5, 5.41) is 2.59. The van der Waals surface area contributed by atoms with E-state index in [0.717, 1.165) is 0 Å². The van der Waals surface area contributed by atoms with Gasteiger partial charge in [-0.2, -0.15) is 11.8 Å². The Morgan fingerprint density at radius 1 is 1.19 bits per heavy atom. The van der Waals surface area contributed by atoms with Gasteiger partial charge in [0.25, 0.3) is 0 Å². The van der Waals surface area contributed by atoms with Gasteiger partial charge in [0.1, 0.15) is 12.7 Å². The van der Waals surface area contributed by atoms with Crippen molar-refractivity contribution in [1.29, 1.82) is 0 Å². The van der Waals surface area contributed by atoms with Crippen LogP contribution in [0.25, 0.3) is 0 Å². The summed E-state index contributed by atoms with van der Waals surface area (Å²) < 4.78 is 9.82. The number of thioether (sulfide) groups is 1. The van der Waals surface area contributed by atoms with E-state index in [4.69, 9.17) is 20.9 Å². The molecular weight excluding hydrogens is 298 g/mol. The van der Waals surface area contributed by atoms with Gasteiger partial charge in [-0.3, -0.25) is 14.4 Å². The molecular formula is C12H23N3O5S. The highest BCUT2D eigenvalue weighted by atomic mass is 32.2. The minimum Gasteiger partial charge on any atom is -0.462 e. The highest BCUT2D eigenvalue weighted by molar-refractivity contribution is 7.99. The van der Waals surface area contributed by atoms with Gasteiger partial charge in [-0.15, -0.1) is 0 Å². The molecule has 0 bridgehead atoms. The third kappa shape index (κ3) is 11.1. The largest absolute Gasteiger partial charge is 0.462 e. The monoisotopic (exact) mass is 321 g/mol. The van der Waals surface area contributed by atoms with Crippen LogP contribution in [-0.4, -0.2) is 61.2 Å². The van der Waals surface area contributed by atoms with Crippen LogP contribution in [0.4, 0.5) is 0 Å². The van der Waals surface area contributed by atoms with Crippen LogP contribution in [-0.2, 0) is 23.9 Å². The van der Waals surface area contributed by atoms with Gasteiger partial charge in [0.2, 0.25) is 5.91 Å². The topological polar surface area (TPSA) is 134 Å². The lowest BCUT2D eigenvalue weighted by molar-refractivity contribution is -0.154. The van der Waals surface area contributed by atoms with Gasteiger partial charge < -0.3 is 26.3 Å². The van der Waals surface area contributed by atoms with Crippen molar-refractivity contribution >= 4 is 29.6 Å². The SMILES string of the molecule is CC(=O)OC[C@H](CSC[C@H](N)C(=O)NCCN)OC(C)=O. The van der Waals surface area contributed by atoms with Crippen molar-refractivity contribution in [1.82, 2.24) is 5.32 Å². The number of hydrogen-bond acceptors (Lipinski definition) is 8. The lowest BCUT2D eigenvalue weighted by atomic mass is 10.3. The molecule has 0 saturated heterocycles. The molecule has 0 heterocycles. The Labute approximate surface area is 128 Å². The first kappa shape index (κ1) is 19.7. The summed E-state index contributed by atoms with van der Waals surface area (Å²) in [5.41, 5.74) is 11.0. The molecule has 0 spiro atoms. The Balaban J connectivity index is 4.07. The van der Waals surface area contributed by atoms with Crippen molar-refractivity contribution in [3.8, 4) is 0 Å². The molecule has 5 N–H and O–H groups in total. The molecule has 21 heavy (non-hydrogen) atoms. The molecule has 0 unspecified atom stereocenters. The fourth-order valence-electron chi connectivity index (χ4n) is 1.29. The van der Waals surface area contributed by atoms with E-state index >= 15 is 0 Å². The van der Waals surface area contributed by atoms with Crippen LogP contribution in [0.3, 0.4) is 0 Å². The third-order valence-electron chi connectivity index (χ3n) is 2.19. The summed E-state index contributed by atoms with van der Waals surface area (Å²) in [6.07, 6.45) is -0.560. The number of hydrogen-bond donors (Lipinski definition) is 3. The standard InChI is InChI=1S/C12H23N3O5S/c1-8(16)19-5-10(20-9(2)17)6-21-7-11(14)12(18)15-4-3-13/h10-11H,3-7,13-14H2,1-2H3,(H,15,18)/t10-,11+/m1/s1. The van der Waals surface area contributed by atoms with E-state index in [-0.39, 0.29) is 12.5 Å². The number of amides is 1. The normalized spacial score (nSPS) is 13.1.